The summed E-state index contributed by atoms with van der Waals surface area (Å²) < 4.78 is 0. The van der Waals surface area contributed by atoms with E-state index >= 15 is 0 Å². The molecule has 1 fully saturated rings. The largest absolute Gasteiger partial charge is 0.481 e. The van der Waals surface area contributed by atoms with Gasteiger partial charge in [0.15, 0.2) is 0 Å². The number of hydrogen-bond donors (Lipinski definition) is 2. The van der Waals surface area contributed by atoms with E-state index in [-0.39, 0.29) is 5.92 Å². The van der Waals surface area contributed by atoms with E-state index in [1.54, 1.807) is 0 Å². The molecule has 1 aromatic carbocycles. The van der Waals surface area contributed by atoms with Crippen molar-refractivity contribution in [2.24, 2.45) is 11.8 Å². The molecular weight excluding hydrogens is 238 g/mol. The molecular formula is C16H23NO2. The molecule has 0 aromatic heterocycles. The van der Waals surface area contributed by atoms with Gasteiger partial charge in [0.2, 0.25) is 0 Å². The lowest BCUT2D eigenvalue weighted by Gasteiger charge is -2.11. The van der Waals surface area contributed by atoms with Gasteiger partial charge in [0.25, 0.3) is 0 Å². The molecule has 0 bridgehead atoms. The van der Waals surface area contributed by atoms with Crippen LogP contribution in [-0.2, 0) is 11.2 Å². The number of carboxylic acid groups (broad SMARTS) is 1. The van der Waals surface area contributed by atoms with Crippen molar-refractivity contribution in [3.8, 4) is 0 Å². The Kier molecular flexibility index (Phi) is 4.25. The fourth-order valence-electron chi connectivity index (χ4n) is 2.57. The summed E-state index contributed by atoms with van der Waals surface area (Å²) in [5.41, 5.74) is 5.50. The second-order valence-electron chi connectivity index (χ2n) is 5.69. The molecule has 3 nitrogen and oxygen atoms in total. The number of carbonyl (C=O) groups is 1. The van der Waals surface area contributed by atoms with E-state index in [1.165, 1.54) is 22.3 Å². The van der Waals surface area contributed by atoms with Crippen molar-refractivity contribution in [2.75, 3.05) is 13.1 Å². The molecule has 0 heterocycles. The van der Waals surface area contributed by atoms with Crippen LogP contribution in [0.1, 0.15) is 28.7 Å². The molecule has 2 atom stereocenters. The van der Waals surface area contributed by atoms with E-state index in [0.717, 1.165) is 25.9 Å². The number of aliphatic carboxylic acids is 1. The molecule has 2 unspecified atom stereocenters. The van der Waals surface area contributed by atoms with Crippen molar-refractivity contribution >= 4 is 5.97 Å². The van der Waals surface area contributed by atoms with Gasteiger partial charge in [-0.2, -0.15) is 0 Å². The number of aryl methyl sites for hydroxylation is 1. The molecule has 1 saturated carbocycles. The van der Waals surface area contributed by atoms with E-state index < -0.39 is 5.97 Å². The predicted octanol–water partition coefficient (Wildman–Crippen LogP) is 2.46. The Morgan fingerprint density at radius 2 is 2.05 bits per heavy atom. The monoisotopic (exact) mass is 261 g/mol. The van der Waals surface area contributed by atoms with Crippen LogP contribution in [0.15, 0.2) is 12.1 Å². The highest BCUT2D eigenvalue weighted by molar-refractivity contribution is 5.73. The van der Waals surface area contributed by atoms with E-state index in [0.29, 0.717) is 5.92 Å². The Bertz CT molecular complexity index is 482. The smallest absolute Gasteiger partial charge is 0.306 e. The summed E-state index contributed by atoms with van der Waals surface area (Å²) >= 11 is 0. The number of rotatable bonds is 6. The minimum absolute atomic E-state index is 0.101. The average Bonchev–Trinajstić information content (AvgIpc) is 3.14. The zero-order valence-electron chi connectivity index (χ0n) is 12.0. The summed E-state index contributed by atoms with van der Waals surface area (Å²) in [6, 6.07) is 4.38. The normalized spacial score (nSPS) is 21.4. The Morgan fingerprint density at radius 1 is 1.32 bits per heavy atom. The molecule has 0 spiro atoms. The van der Waals surface area contributed by atoms with Crippen LogP contribution in [0.25, 0.3) is 0 Å². The van der Waals surface area contributed by atoms with Crippen LogP contribution in [-0.4, -0.2) is 24.2 Å². The molecule has 0 radical (unpaired) electrons. The van der Waals surface area contributed by atoms with E-state index in [9.17, 15) is 4.79 Å². The minimum Gasteiger partial charge on any atom is -0.481 e. The third kappa shape index (κ3) is 3.35. The SMILES string of the molecule is Cc1ccc(CCNCC2CC2C(=O)O)c(C)c1C. The zero-order chi connectivity index (χ0) is 14.0. The van der Waals surface area contributed by atoms with Gasteiger partial charge in [0.1, 0.15) is 0 Å². The number of nitrogens with one attached hydrogen (secondary N) is 1. The summed E-state index contributed by atoms with van der Waals surface area (Å²) in [5, 5.41) is 12.2. The van der Waals surface area contributed by atoms with Crippen molar-refractivity contribution in [3.05, 3.63) is 34.4 Å². The highest BCUT2D eigenvalue weighted by Gasteiger charge is 2.42. The second-order valence-corrected chi connectivity index (χ2v) is 5.69. The molecule has 2 rings (SSSR count). The topological polar surface area (TPSA) is 49.3 Å². The molecule has 0 saturated heterocycles. The van der Waals surface area contributed by atoms with E-state index in [2.05, 4.69) is 38.2 Å². The highest BCUT2D eigenvalue weighted by atomic mass is 16.4. The molecule has 0 aliphatic heterocycles. The summed E-state index contributed by atoms with van der Waals surface area (Å²) in [5.74, 6) is -0.397. The minimum atomic E-state index is -0.642. The first kappa shape index (κ1) is 14.1. The Balaban J connectivity index is 1.75. The maximum absolute atomic E-state index is 10.7. The first-order valence-electron chi connectivity index (χ1n) is 7.00. The third-order valence-corrected chi connectivity index (χ3v) is 4.39. The maximum Gasteiger partial charge on any atom is 0.306 e. The molecule has 0 amide bonds. The fourth-order valence-corrected chi connectivity index (χ4v) is 2.57. The fraction of sp³-hybridized carbons (Fsp3) is 0.562. The van der Waals surface area contributed by atoms with E-state index in [4.69, 9.17) is 5.11 Å². The quantitative estimate of drug-likeness (QED) is 0.773. The average molecular weight is 261 g/mol. The number of carboxylic acids is 1. The van der Waals surface area contributed by atoms with Crippen LogP contribution < -0.4 is 5.32 Å². The van der Waals surface area contributed by atoms with Gasteiger partial charge in [-0.25, -0.2) is 0 Å². The standard InChI is InChI=1S/C16H23NO2/c1-10-4-5-13(12(3)11(10)2)6-7-17-9-14-8-15(14)16(18)19/h4-5,14-15,17H,6-9H2,1-3H3,(H,18,19). The Hall–Kier alpha value is -1.35. The van der Waals surface area contributed by atoms with Gasteiger partial charge in [0.05, 0.1) is 5.92 Å². The Labute approximate surface area is 115 Å². The predicted molar refractivity (Wildman–Crippen MR) is 76.5 cm³/mol. The molecule has 19 heavy (non-hydrogen) atoms. The van der Waals surface area contributed by atoms with Gasteiger partial charge in [0, 0.05) is 0 Å². The van der Waals surface area contributed by atoms with Crippen LogP contribution in [0, 0.1) is 32.6 Å². The number of hydrogen-bond acceptors (Lipinski definition) is 2. The second kappa shape index (κ2) is 5.74. The molecule has 1 aliphatic rings. The molecule has 104 valence electrons. The lowest BCUT2D eigenvalue weighted by molar-refractivity contribution is -0.138. The zero-order valence-corrected chi connectivity index (χ0v) is 12.0. The summed E-state index contributed by atoms with van der Waals surface area (Å²) in [6.07, 6.45) is 1.85. The molecule has 1 aliphatic carbocycles. The first-order chi connectivity index (χ1) is 9.00. The van der Waals surface area contributed by atoms with Crippen molar-refractivity contribution in [3.63, 3.8) is 0 Å². The summed E-state index contributed by atoms with van der Waals surface area (Å²) in [7, 11) is 0. The van der Waals surface area contributed by atoms with Gasteiger partial charge in [-0.3, -0.25) is 4.79 Å². The van der Waals surface area contributed by atoms with Gasteiger partial charge in [-0.1, -0.05) is 12.1 Å². The van der Waals surface area contributed by atoms with Crippen LogP contribution in [0.5, 0.6) is 0 Å². The molecule has 3 heteroatoms. The lowest BCUT2D eigenvalue weighted by atomic mass is 9.97. The van der Waals surface area contributed by atoms with Crippen molar-refractivity contribution in [1.29, 1.82) is 0 Å². The Morgan fingerprint density at radius 3 is 2.68 bits per heavy atom. The molecule has 1 aromatic rings. The lowest BCUT2D eigenvalue weighted by Crippen LogP contribution is -2.21. The van der Waals surface area contributed by atoms with Crippen LogP contribution in [0.3, 0.4) is 0 Å². The van der Waals surface area contributed by atoms with Crippen molar-refractivity contribution in [2.45, 2.75) is 33.6 Å². The van der Waals surface area contributed by atoms with Gasteiger partial charge < -0.3 is 10.4 Å². The molecule has 2 N–H and O–H groups in total. The summed E-state index contributed by atoms with van der Waals surface area (Å²) in [4.78, 5) is 10.7. The summed E-state index contributed by atoms with van der Waals surface area (Å²) in [6.45, 7) is 8.25. The van der Waals surface area contributed by atoms with Gasteiger partial charge in [-0.15, -0.1) is 0 Å². The van der Waals surface area contributed by atoms with Crippen molar-refractivity contribution in [1.82, 2.24) is 5.32 Å². The van der Waals surface area contributed by atoms with E-state index in [1.807, 2.05) is 0 Å². The van der Waals surface area contributed by atoms with Crippen molar-refractivity contribution < 1.29 is 9.90 Å². The van der Waals surface area contributed by atoms with Crippen LogP contribution >= 0.6 is 0 Å². The van der Waals surface area contributed by atoms with Gasteiger partial charge >= 0.3 is 5.97 Å². The third-order valence-electron chi connectivity index (χ3n) is 4.39. The van der Waals surface area contributed by atoms with Gasteiger partial charge in [-0.05, 0) is 74.9 Å². The number of benzene rings is 1. The van der Waals surface area contributed by atoms with Crippen LogP contribution in [0.4, 0.5) is 0 Å². The first-order valence-corrected chi connectivity index (χ1v) is 7.00. The maximum atomic E-state index is 10.7. The van der Waals surface area contributed by atoms with Crippen LogP contribution in [0.2, 0.25) is 0 Å². The highest BCUT2D eigenvalue weighted by Crippen LogP contribution is 2.37.